The summed E-state index contributed by atoms with van der Waals surface area (Å²) in [6.45, 7) is 4.50. The van der Waals surface area contributed by atoms with Crippen LogP contribution in [0.15, 0.2) is 24.3 Å². The Morgan fingerprint density at radius 2 is 1.86 bits per heavy atom. The first kappa shape index (κ1) is 14.4. The molecule has 3 unspecified atom stereocenters. The molecule has 0 spiro atoms. The minimum Gasteiger partial charge on any atom is -0.329 e. The number of carbonyl (C=O) groups excluding carboxylic acids is 2. The molecule has 2 heterocycles. The first-order valence-corrected chi connectivity index (χ1v) is 7.76. The highest BCUT2D eigenvalue weighted by Crippen LogP contribution is 2.33. The van der Waals surface area contributed by atoms with E-state index in [1.54, 1.807) is 9.80 Å². The van der Waals surface area contributed by atoms with Crippen LogP contribution in [0.3, 0.4) is 0 Å². The first-order valence-electron chi connectivity index (χ1n) is 7.39. The van der Waals surface area contributed by atoms with Crippen LogP contribution in [0, 0.1) is 0 Å². The van der Waals surface area contributed by atoms with E-state index in [4.69, 9.17) is 11.6 Å². The number of carbonyl (C=O) groups is 2. The largest absolute Gasteiger partial charge is 0.329 e. The Balaban J connectivity index is 1.90. The highest BCUT2D eigenvalue weighted by Gasteiger charge is 2.47. The van der Waals surface area contributed by atoms with Gasteiger partial charge in [0.25, 0.3) is 0 Å². The molecule has 21 heavy (non-hydrogen) atoms. The molecule has 2 amide bonds. The minimum absolute atomic E-state index is 0.0675. The zero-order valence-corrected chi connectivity index (χ0v) is 13.0. The molecule has 0 aliphatic carbocycles. The molecule has 0 saturated carbocycles. The molecule has 2 fully saturated rings. The van der Waals surface area contributed by atoms with E-state index in [0.29, 0.717) is 11.6 Å². The number of hydrogen-bond acceptors (Lipinski definition) is 2. The fourth-order valence-corrected chi connectivity index (χ4v) is 3.56. The smallest absolute Gasteiger partial charge is 0.246 e. The standard InChI is InChI=1S/C16H19ClN2O2/c1-10(12-5-7-13(17)8-6-12)19-11(2)15(20)18-9-3-4-14(18)16(19)21/h5-8,10-11,14H,3-4,9H2,1-2H3. The summed E-state index contributed by atoms with van der Waals surface area (Å²) in [6.07, 6.45) is 1.69. The second-order valence-electron chi connectivity index (χ2n) is 5.84. The Hall–Kier alpha value is -1.55. The molecule has 3 atom stereocenters. The lowest BCUT2D eigenvalue weighted by molar-refractivity contribution is -0.161. The summed E-state index contributed by atoms with van der Waals surface area (Å²) in [7, 11) is 0. The van der Waals surface area contributed by atoms with Gasteiger partial charge < -0.3 is 9.80 Å². The number of halogens is 1. The molecule has 2 aliphatic rings. The van der Waals surface area contributed by atoms with E-state index >= 15 is 0 Å². The predicted octanol–water partition coefficient (Wildman–Crippen LogP) is 2.62. The molecule has 0 radical (unpaired) electrons. The normalized spacial score (nSPS) is 27.0. The van der Waals surface area contributed by atoms with E-state index in [0.717, 1.165) is 18.4 Å². The first-order chi connectivity index (χ1) is 10.0. The number of benzene rings is 1. The van der Waals surface area contributed by atoms with Crippen LogP contribution in [0.2, 0.25) is 5.02 Å². The second kappa shape index (κ2) is 5.34. The van der Waals surface area contributed by atoms with E-state index in [2.05, 4.69) is 0 Å². The Bertz CT molecular complexity index is 572. The van der Waals surface area contributed by atoms with E-state index in [-0.39, 0.29) is 23.9 Å². The van der Waals surface area contributed by atoms with Crippen LogP contribution < -0.4 is 0 Å². The van der Waals surface area contributed by atoms with Gasteiger partial charge in [-0.15, -0.1) is 0 Å². The van der Waals surface area contributed by atoms with Crippen LogP contribution in [-0.2, 0) is 9.59 Å². The molecule has 2 aliphatic heterocycles. The van der Waals surface area contributed by atoms with Crippen molar-refractivity contribution in [1.82, 2.24) is 9.80 Å². The molecule has 3 rings (SSSR count). The third-order valence-electron chi connectivity index (χ3n) is 4.62. The summed E-state index contributed by atoms with van der Waals surface area (Å²) < 4.78 is 0. The van der Waals surface area contributed by atoms with E-state index in [9.17, 15) is 9.59 Å². The third-order valence-corrected chi connectivity index (χ3v) is 4.87. The van der Waals surface area contributed by atoms with Crippen molar-refractivity contribution in [1.29, 1.82) is 0 Å². The van der Waals surface area contributed by atoms with Gasteiger partial charge in [0.05, 0.1) is 6.04 Å². The Morgan fingerprint density at radius 3 is 2.52 bits per heavy atom. The summed E-state index contributed by atoms with van der Waals surface area (Å²) in [4.78, 5) is 28.7. The van der Waals surface area contributed by atoms with Crippen molar-refractivity contribution < 1.29 is 9.59 Å². The van der Waals surface area contributed by atoms with Crippen LogP contribution in [0.1, 0.15) is 38.3 Å². The molecule has 1 aromatic carbocycles. The summed E-state index contributed by atoms with van der Waals surface area (Å²) >= 11 is 5.91. The van der Waals surface area contributed by atoms with Crippen molar-refractivity contribution >= 4 is 23.4 Å². The van der Waals surface area contributed by atoms with Crippen LogP contribution in [0.5, 0.6) is 0 Å². The lowest BCUT2D eigenvalue weighted by atomic mass is 9.99. The summed E-state index contributed by atoms with van der Waals surface area (Å²) in [5.74, 6) is 0.139. The van der Waals surface area contributed by atoms with Gasteiger partial charge in [0.15, 0.2) is 0 Å². The molecular weight excluding hydrogens is 288 g/mol. The molecule has 0 bridgehead atoms. The molecule has 0 N–H and O–H groups in total. The maximum absolute atomic E-state index is 12.8. The van der Waals surface area contributed by atoms with Crippen LogP contribution in [0.25, 0.3) is 0 Å². The Kier molecular flexibility index (Phi) is 3.66. The topological polar surface area (TPSA) is 40.6 Å². The molecule has 5 heteroatoms. The van der Waals surface area contributed by atoms with Crippen LogP contribution >= 0.6 is 11.6 Å². The summed E-state index contributed by atoms with van der Waals surface area (Å²) in [5, 5.41) is 0.669. The van der Waals surface area contributed by atoms with Gasteiger partial charge in [-0.2, -0.15) is 0 Å². The molecular formula is C16H19ClN2O2. The van der Waals surface area contributed by atoms with Crippen LogP contribution in [0.4, 0.5) is 0 Å². The fraction of sp³-hybridized carbons (Fsp3) is 0.500. The van der Waals surface area contributed by atoms with Crippen molar-refractivity contribution in [2.24, 2.45) is 0 Å². The minimum atomic E-state index is -0.405. The Morgan fingerprint density at radius 1 is 1.19 bits per heavy atom. The molecule has 2 saturated heterocycles. The van der Waals surface area contributed by atoms with Gasteiger partial charge in [-0.3, -0.25) is 9.59 Å². The van der Waals surface area contributed by atoms with Gasteiger partial charge in [-0.25, -0.2) is 0 Å². The van der Waals surface area contributed by atoms with Gasteiger partial charge in [0, 0.05) is 11.6 Å². The highest BCUT2D eigenvalue weighted by atomic mass is 35.5. The SMILES string of the molecule is CC1C(=O)N2CCCC2C(=O)N1C(C)c1ccc(Cl)cc1. The maximum atomic E-state index is 12.8. The predicted molar refractivity (Wildman–Crippen MR) is 80.9 cm³/mol. The third kappa shape index (κ3) is 2.31. The number of nitrogens with zero attached hydrogens (tertiary/aromatic N) is 2. The second-order valence-corrected chi connectivity index (χ2v) is 6.28. The monoisotopic (exact) mass is 306 g/mol. The quantitative estimate of drug-likeness (QED) is 0.843. The molecule has 4 nitrogen and oxygen atoms in total. The number of piperazine rings is 1. The van der Waals surface area contributed by atoms with Crippen molar-refractivity contribution in [2.75, 3.05) is 6.54 Å². The van der Waals surface area contributed by atoms with Crippen molar-refractivity contribution in [3.63, 3.8) is 0 Å². The number of fused-ring (bicyclic) bond motifs is 1. The maximum Gasteiger partial charge on any atom is 0.246 e. The number of rotatable bonds is 2. The van der Waals surface area contributed by atoms with Crippen LogP contribution in [-0.4, -0.2) is 40.2 Å². The van der Waals surface area contributed by atoms with Gasteiger partial charge in [-0.1, -0.05) is 23.7 Å². The lowest BCUT2D eigenvalue weighted by Crippen LogP contribution is -2.62. The van der Waals surface area contributed by atoms with Gasteiger partial charge in [-0.05, 0) is 44.4 Å². The Labute approximate surface area is 129 Å². The summed E-state index contributed by atoms with van der Waals surface area (Å²) in [5.41, 5.74) is 0.999. The fourth-order valence-electron chi connectivity index (χ4n) is 3.44. The molecule has 0 aromatic heterocycles. The van der Waals surface area contributed by atoms with E-state index in [1.807, 2.05) is 38.1 Å². The zero-order chi connectivity index (χ0) is 15.1. The molecule has 1 aromatic rings. The van der Waals surface area contributed by atoms with Gasteiger partial charge >= 0.3 is 0 Å². The highest BCUT2D eigenvalue weighted by molar-refractivity contribution is 6.30. The molecule has 112 valence electrons. The van der Waals surface area contributed by atoms with E-state index < -0.39 is 6.04 Å². The average Bonchev–Trinajstić information content (AvgIpc) is 2.95. The van der Waals surface area contributed by atoms with Gasteiger partial charge in [0.2, 0.25) is 11.8 Å². The lowest BCUT2D eigenvalue weighted by Gasteiger charge is -2.44. The van der Waals surface area contributed by atoms with Gasteiger partial charge in [0.1, 0.15) is 12.1 Å². The van der Waals surface area contributed by atoms with Crippen molar-refractivity contribution in [3.8, 4) is 0 Å². The average molecular weight is 307 g/mol. The van der Waals surface area contributed by atoms with Crippen molar-refractivity contribution in [3.05, 3.63) is 34.9 Å². The number of amides is 2. The summed E-state index contributed by atoms with van der Waals surface area (Å²) in [6, 6.07) is 6.67. The van der Waals surface area contributed by atoms with E-state index in [1.165, 1.54) is 0 Å². The number of hydrogen-bond donors (Lipinski definition) is 0. The van der Waals surface area contributed by atoms with Crippen molar-refractivity contribution in [2.45, 2.75) is 44.8 Å². The zero-order valence-electron chi connectivity index (χ0n) is 12.3.